The Kier molecular flexibility index (Phi) is 3.85. The van der Waals surface area contributed by atoms with Crippen molar-refractivity contribution in [1.82, 2.24) is 0 Å². The fourth-order valence-electron chi connectivity index (χ4n) is 1.93. The zero-order valence-electron chi connectivity index (χ0n) is 10.5. The van der Waals surface area contributed by atoms with Crippen molar-refractivity contribution in [1.29, 1.82) is 0 Å². The van der Waals surface area contributed by atoms with Crippen LogP contribution >= 0.6 is 34.8 Å². The molecule has 2 aromatic rings. The van der Waals surface area contributed by atoms with E-state index in [2.05, 4.69) is 5.32 Å². The molecule has 0 radical (unpaired) electrons. The number of amides is 1. The minimum Gasteiger partial charge on any atom is -0.454 e. The van der Waals surface area contributed by atoms with Gasteiger partial charge in [0.2, 0.25) is 6.79 Å². The monoisotopic (exact) mass is 343 g/mol. The highest BCUT2D eigenvalue weighted by atomic mass is 35.5. The Morgan fingerprint density at radius 2 is 1.71 bits per heavy atom. The van der Waals surface area contributed by atoms with Crippen LogP contribution in [0.15, 0.2) is 30.3 Å². The Labute approximate surface area is 135 Å². The van der Waals surface area contributed by atoms with Crippen LogP contribution in [-0.4, -0.2) is 12.7 Å². The van der Waals surface area contributed by atoms with Gasteiger partial charge in [-0.3, -0.25) is 4.79 Å². The maximum Gasteiger partial charge on any atom is 0.255 e. The summed E-state index contributed by atoms with van der Waals surface area (Å²) in [4.78, 5) is 12.2. The van der Waals surface area contributed by atoms with Crippen molar-refractivity contribution in [2.24, 2.45) is 0 Å². The molecule has 1 heterocycles. The molecule has 0 bridgehead atoms. The molecular weight excluding hydrogens is 337 g/mol. The predicted molar refractivity (Wildman–Crippen MR) is 82.0 cm³/mol. The summed E-state index contributed by atoms with van der Waals surface area (Å²) in [6, 6.07) is 7.85. The molecule has 0 saturated heterocycles. The second kappa shape index (κ2) is 5.64. The molecular formula is C14H8Cl3NO3. The van der Waals surface area contributed by atoms with E-state index in [1.165, 1.54) is 6.07 Å². The van der Waals surface area contributed by atoms with E-state index in [0.717, 1.165) is 0 Å². The maximum absolute atomic E-state index is 12.2. The van der Waals surface area contributed by atoms with E-state index in [9.17, 15) is 4.79 Å². The number of halogens is 3. The molecule has 0 unspecified atom stereocenters. The first-order valence-electron chi connectivity index (χ1n) is 5.89. The van der Waals surface area contributed by atoms with Gasteiger partial charge in [0.15, 0.2) is 11.5 Å². The summed E-state index contributed by atoms with van der Waals surface area (Å²) in [6.07, 6.45) is 0. The summed E-state index contributed by atoms with van der Waals surface area (Å²) in [5, 5.41) is 3.88. The lowest BCUT2D eigenvalue weighted by Gasteiger charge is -2.08. The van der Waals surface area contributed by atoms with Crippen LogP contribution in [0.3, 0.4) is 0 Å². The zero-order valence-corrected chi connectivity index (χ0v) is 12.7. The van der Waals surface area contributed by atoms with E-state index in [-0.39, 0.29) is 12.7 Å². The molecule has 108 valence electrons. The second-order valence-corrected chi connectivity index (χ2v) is 5.58. The van der Waals surface area contributed by atoms with Crippen molar-refractivity contribution in [3.63, 3.8) is 0 Å². The van der Waals surface area contributed by atoms with E-state index >= 15 is 0 Å². The number of benzene rings is 2. The van der Waals surface area contributed by atoms with Gasteiger partial charge in [0, 0.05) is 21.3 Å². The smallest absolute Gasteiger partial charge is 0.255 e. The first-order valence-corrected chi connectivity index (χ1v) is 7.03. The summed E-state index contributed by atoms with van der Waals surface area (Å²) in [7, 11) is 0. The molecule has 0 atom stereocenters. The number of hydrogen-bond donors (Lipinski definition) is 1. The second-order valence-electron chi connectivity index (χ2n) is 4.30. The third-order valence-electron chi connectivity index (χ3n) is 2.81. The summed E-state index contributed by atoms with van der Waals surface area (Å²) >= 11 is 17.8. The summed E-state index contributed by atoms with van der Waals surface area (Å²) < 4.78 is 10.4. The average Bonchev–Trinajstić information content (AvgIpc) is 2.86. The Balaban J connectivity index is 1.87. The normalized spacial score (nSPS) is 12.3. The minimum atomic E-state index is -0.353. The first-order chi connectivity index (χ1) is 10.0. The number of carbonyl (C=O) groups excluding carboxylic acids is 1. The molecule has 0 saturated carbocycles. The van der Waals surface area contributed by atoms with Gasteiger partial charge in [-0.05, 0) is 30.3 Å². The van der Waals surface area contributed by atoms with Crippen LogP contribution in [0.25, 0.3) is 0 Å². The Hall–Kier alpha value is -1.62. The molecule has 1 aliphatic heterocycles. The molecule has 2 aromatic carbocycles. The lowest BCUT2D eigenvalue weighted by molar-refractivity contribution is 0.102. The van der Waals surface area contributed by atoms with Crippen LogP contribution in [0.4, 0.5) is 5.69 Å². The number of ether oxygens (including phenoxy) is 2. The molecule has 1 N–H and O–H groups in total. The quantitative estimate of drug-likeness (QED) is 0.864. The summed E-state index contributed by atoms with van der Waals surface area (Å²) in [6.45, 7) is 0.0873. The number of carbonyl (C=O) groups is 1. The maximum atomic E-state index is 12.2. The summed E-state index contributed by atoms with van der Waals surface area (Å²) in [5.41, 5.74) is 0.839. The van der Waals surface area contributed by atoms with Crippen LogP contribution in [0.2, 0.25) is 15.1 Å². The molecule has 1 aliphatic rings. The van der Waals surface area contributed by atoms with Crippen molar-refractivity contribution in [2.45, 2.75) is 0 Å². The number of rotatable bonds is 2. The van der Waals surface area contributed by atoms with Crippen LogP contribution in [-0.2, 0) is 0 Å². The standard InChI is InChI=1S/C14H8Cl3NO3/c15-8-3-9(16)5-10(4-8)18-14(19)7-1-11(17)13-12(2-7)20-6-21-13/h1-5H,6H2,(H,18,19). The molecule has 0 aliphatic carbocycles. The largest absolute Gasteiger partial charge is 0.454 e. The molecule has 0 spiro atoms. The van der Waals surface area contributed by atoms with Gasteiger partial charge in [0.1, 0.15) is 0 Å². The van der Waals surface area contributed by atoms with Gasteiger partial charge in [0.05, 0.1) is 5.02 Å². The van der Waals surface area contributed by atoms with Crippen molar-refractivity contribution in [3.8, 4) is 11.5 Å². The number of anilines is 1. The Morgan fingerprint density at radius 3 is 2.43 bits per heavy atom. The number of nitrogens with one attached hydrogen (secondary N) is 1. The zero-order chi connectivity index (χ0) is 15.0. The highest BCUT2D eigenvalue weighted by Crippen LogP contribution is 2.40. The van der Waals surface area contributed by atoms with E-state index in [1.807, 2.05) is 0 Å². The van der Waals surface area contributed by atoms with Crippen LogP contribution < -0.4 is 14.8 Å². The van der Waals surface area contributed by atoms with Gasteiger partial charge < -0.3 is 14.8 Å². The SMILES string of the molecule is O=C(Nc1cc(Cl)cc(Cl)c1)c1cc(Cl)c2c(c1)OCO2. The highest BCUT2D eigenvalue weighted by Gasteiger charge is 2.20. The highest BCUT2D eigenvalue weighted by molar-refractivity contribution is 6.35. The van der Waals surface area contributed by atoms with Crippen molar-refractivity contribution < 1.29 is 14.3 Å². The van der Waals surface area contributed by atoms with E-state index in [0.29, 0.717) is 37.8 Å². The lowest BCUT2D eigenvalue weighted by Crippen LogP contribution is -2.11. The predicted octanol–water partition coefficient (Wildman–Crippen LogP) is 4.63. The minimum absolute atomic E-state index is 0.0873. The number of fused-ring (bicyclic) bond motifs is 1. The third-order valence-corrected chi connectivity index (χ3v) is 3.53. The van der Waals surface area contributed by atoms with Crippen molar-refractivity contribution in [3.05, 3.63) is 51.0 Å². The van der Waals surface area contributed by atoms with Gasteiger partial charge in [0.25, 0.3) is 5.91 Å². The van der Waals surface area contributed by atoms with Crippen LogP contribution in [0.5, 0.6) is 11.5 Å². The molecule has 1 amide bonds. The molecule has 3 rings (SSSR count). The molecule has 7 heteroatoms. The van der Waals surface area contributed by atoms with Gasteiger partial charge in [-0.2, -0.15) is 0 Å². The Morgan fingerprint density at radius 1 is 1.00 bits per heavy atom. The molecule has 0 aromatic heterocycles. The van der Waals surface area contributed by atoms with Gasteiger partial charge in [-0.25, -0.2) is 0 Å². The topological polar surface area (TPSA) is 47.6 Å². The van der Waals surface area contributed by atoms with Gasteiger partial charge in [-0.15, -0.1) is 0 Å². The van der Waals surface area contributed by atoms with Crippen LogP contribution in [0.1, 0.15) is 10.4 Å². The molecule has 4 nitrogen and oxygen atoms in total. The van der Waals surface area contributed by atoms with Gasteiger partial charge in [-0.1, -0.05) is 34.8 Å². The fraction of sp³-hybridized carbons (Fsp3) is 0.0714. The molecule has 0 fully saturated rings. The lowest BCUT2D eigenvalue weighted by atomic mass is 10.2. The van der Waals surface area contributed by atoms with E-state index < -0.39 is 0 Å². The number of hydrogen-bond acceptors (Lipinski definition) is 3. The summed E-state index contributed by atoms with van der Waals surface area (Å²) in [5.74, 6) is 0.532. The van der Waals surface area contributed by atoms with Crippen LogP contribution in [0, 0.1) is 0 Å². The first kappa shape index (κ1) is 14.3. The third kappa shape index (κ3) is 3.02. The van der Waals surface area contributed by atoms with Crippen molar-refractivity contribution >= 4 is 46.4 Å². The van der Waals surface area contributed by atoms with E-state index in [1.54, 1.807) is 24.3 Å². The molecule has 21 heavy (non-hydrogen) atoms. The fourth-order valence-corrected chi connectivity index (χ4v) is 2.72. The van der Waals surface area contributed by atoms with Crippen molar-refractivity contribution in [2.75, 3.05) is 12.1 Å². The van der Waals surface area contributed by atoms with Gasteiger partial charge >= 0.3 is 0 Å². The Bertz CT molecular complexity index is 713. The van der Waals surface area contributed by atoms with E-state index in [4.69, 9.17) is 44.3 Å². The average molecular weight is 345 g/mol.